The van der Waals surface area contributed by atoms with Gasteiger partial charge in [0.05, 0.1) is 6.42 Å². The van der Waals surface area contributed by atoms with E-state index >= 15 is 0 Å². The first-order valence-electron chi connectivity index (χ1n) is 6.77. The molecule has 0 amide bonds. The van der Waals surface area contributed by atoms with Crippen LogP contribution >= 0.6 is 0 Å². The van der Waals surface area contributed by atoms with E-state index in [1.165, 1.54) is 4.31 Å². The first kappa shape index (κ1) is 15.9. The second-order valence-electron chi connectivity index (χ2n) is 5.91. The number of carboxylic acids is 1. The summed E-state index contributed by atoms with van der Waals surface area (Å²) in [4.78, 5) is 10.8. The van der Waals surface area contributed by atoms with Crippen LogP contribution in [0.3, 0.4) is 0 Å². The van der Waals surface area contributed by atoms with Crippen LogP contribution in [0.5, 0.6) is 0 Å². The van der Waals surface area contributed by atoms with Crippen molar-refractivity contribution in [3.63, 3.8) is 0 Å². The predicted molar refractivity (Wildman–Crippen MR) is 78.9 cm³/mol. The van der Waals surface area contributed by atoms with Gasteiger partial charge >= 0.3 is 5.97 Å². The standard InChI is InChI=1S/C14H20N2O4S/c1-14(2,9-13(17)18)15-21(19,20)16-8-7-11-5-3-4-6-12(11)10-16/h3-6,15H,7-10H2,1-2H3,(H,17,18). The van der Waals surface area contributed by atoms with E-state index in [0.717, 1.165) is 11.1 Å². The molecule has 0 saturated heterocycles. The van der Waals surface area contributed by atoms with Crippen molar-refractivity contribution in [1.82, 2.24) is 9.03 Å². The zero-order chi connectivity index (χ0) is 15.7. The topological polar surface area (TPSA) is 86.7 Å². The maximum atomic E-state index is 12.4. The van der Waals surface area contributed by atoms with Gasteiger partial charge in [0.1, 0.15) is 0 Å². The third-order valence-electron chi connectivity index (χ3n) is 3.43. The summed E-state index contributed by atoms with van der Waals surface area (Å²) in [7, 11) is -3.71. The maximum Gasteiger partial charge on any atom is 0.305 e. The van der Waals surface area contributed by atoms with Crippen LogP contribution in [-0.4, -0.2) is 35.9 Å². The molecule has 0 radical (unpaired) electrons. The highest BCUT2D eigenvalue weighted by molar-refractivity contribution is 7.87. The van der Waals surface area contributed by atoms with Gasteiger partial charge in [0.15, 0.2) is 0 Å². The molecule has 0 fully saturated rings. The molecule has 7 heteroatoms. The van der Waals surface area contributed by atoms with Crippen LogP contribution < -0.4 is 4.72 Å². The Morgan fingerprint density at radius 1 is 1.33 bits per heavy atom. The van der Waals surface area contributed by atoms with Crippen LogP contribution in [0.15, 0.2) is 24.3 Å². The lowest BCUT2D eigenvalue weighted by Crippen LogP contribution is -2.52. The number of nitrogens with zero attached hydrogens (tertiary/aromatic N) is 1. The van der Waals surface area contributed by atoms with E-state index in [1.54, 1.807) is 13.8 Å². The van der Waals surface area contributed by atoms with E-state index in [9.17, 15) is 13.2 Å². The van der Waals surface area contributed by atoms with Crippen LogP contribution in [0.1, 0.15) is 31.4 Å². The molecule has 2 N–H and O–H groups in total. The van der Waals surface area contributed by atoms with Gasteiger partial charge < -0.3 is 5.11 Å². The third-order valence-corrected chi connectivity index (χ3v) is 5.24. The molecular formula is C14H20N2O4S. The molecule has 21 heavy (non-hydrogen) atoms. The van der Waals surface area contributed by atoms with Gasteiger partial charge in [0.2, 0.25) is 0 Å². The molecule has 0 saturated carbocycles. The van der Waals surface area contributed by atoms with Crippen molar-refractivity contribution >= 4 is 16.2 Å². The van der Waals surface area contributed by atoms with Crippen LogP contribution in [0.2, 0.25) is 0 Å². The van der Waals surface area contributed by atoms with Gasteiger partial charge in [-0.25, -0.2) is 0 Å². The average Bonchev–Trinajstić information content (AvgIpc) is 2.35. The van der Waals surface area contributed by atoms with Crippen molar-refractivity contribution < 1.29 is 18.3 Å². The summed E-state index contributed by atoms with van der Waals surface area (Å²) < 4.78 is 28.7. The normalized spacial score (nSPS) is 16.5. The quantitative estimate of drug-likeness (QED) is 0.853. The first-order valence-corrected chi connectivity index (χ1v) is 8.21. The predicted octanol–water partition coefficient (Wildman–Crippen LogP) is 1.13. The molecule has 0 unspecified atom stereocenters. The molecule has 1 heterocycles. The van der Waals surface area contributed by atoms with E-state index in [0.29, 0.717) is 19.5 Å². The summed E-state index contributed by atoms with van der Waals surface area (Å²) in [6, 6.07) is 7.74. The first-order chi connectivity index (χ1) is 9.70. The minimum absolute atomic E-state index is 0.267. The molecule has 116 valence electrons. The SMILES string of the molecule is CC(C)(CC(=O)O)NS(=O)(=O)N1CCc2ccccc2C1. The minimum atomic E-state index is -3.71. The molecule has 6 nitrogen and oxygen atoms in total. The second kappa shape index (κ2) is 5.75. The van der Waals surface area contributed by atoms with Crippen LogP contribution in [0.25, 0.3) is 0 Å². The lowest BCUT2D eigenvalue weighted by molar-refractivity contribution is -0.138. The Morgan fingerprint density at radius 2 is 1.95 bits per heavy atom. The number of nitrogens with one attached hydrogen (secondary N) is 1. The summed E-state index contributed by atoms with van der Waals surface area (Å²) >= 11 is 0. The lowest BCUT2D eigenvalue weighted by Gasteiger charge is -2.32. The van der Waals surface area contributed by atoms with Gasteiger partial charge in [0.25, 0.3) is 10.2 Å². The molecule has 1 aromatic rings. The van der Waals surface area contributed by atoms with Crippen LogP contribution in [0, 0.1) is 0 Å². The largest absolute Gasteiger partial charge is 0.481 e. The van der Waals surface area contributed by atoms with Crippen molar-refractivity contribution in [3.8, 4) is 0 Å². The Bertz CT molecular complexity index is 640. The zero-order valence-corrected chi connectivity index (χ0v) is 13.0. The molecule has 2 rings (SSSR count). The van der Waals surface area contributed by atoms with Crippen molar-refractivity contribution in [1.29, 1.82) is 0 Å². The summed E-state index contributed by atoms with van der Waals surface area (Å²) in [5.41, 5.74) is 1.13. The number of aliphatic carboxylic acids is 1. The van der Waals surface area contributed by atoms with E-state index in [-0.39, 0.29) is 6.42 Å². The third kappa shape index (κ3) is 4.03. The second-order valence-corrected chi connectivity index (χ2v) is 7.58. The van der Waals surface area contributed by atoms with Crippen molar-refractivity contribution in [2.45, 2.75) is 38.8 Å². The molecule has 0 aromatic heterocycles. The Kier molecular flexibility index (Phi) is 4.36. The fraction of sp³-hybridized carbons (Fsp3) is 0.500. The highest BCUT2D eigenvalue weighted by Crippen LogP contribution is 2.21. The average molecular weight is 312 g/mol. The van der Waals surface area contributed by atoms with Crippen molar-refractivity contribution in [3.05, 3.63) is 35.4 Å². The molecule has 1 aromatic carbocycles. The number of carbonyl (C=O) groups is 1. The Hall–Kier alpha value is -1.44. The Morgan fingerprint density at radius 3 is 2.57 bits per heavy atom. The number of carboxylic acid groups (broad SMARTS) is 1. The van der Waals surface area contributed by atoms with E-state index in [2.05, 4.69) is 4.72 Å². The summed E-state index contributed by atoms with van der Waals surface area (Å²) in [6.45, 7) is 3.84. The molecular weight excluding hydrogens is 292 g/mol. The number of fused-ring (bicyclic) bond motifs is 1. The zero-order valence-electron chi connectivity index (χ0n) is 12.2. The lowest BCUT2D eigenvalue weighted by atomic mass is 10.0. The molecule has 0 aliphatic carbocycles. The van der Waals surface area contributed by atoms with Crippen molar-refractivity contribution in [2.75, 3.05) is 6.54 Å². The smallest absolute Gasteiger partial charge is 0.305 e. The Labute approximate surface area is 125 Å². The summed E-state index contributed by atoms with van der Waals surface area (Å²) in [6.07, 6.45) is 0.396. The molecule has 0 atom stereocenters. The Balaban J connectivity index is 2.13. The van der Waals surface area contributed by atoms with E-state index < -0.39 is 21.7 Å². The monoisotopic (exact) mass is 312 g/mol. The highest BCUT2D eigenvalue weighted by Gasteiger charge is 2.33. The van der Waals surface area contributed by atoms with Crippen molar-refractivity contribution in [2.24, 2.45) is 0 Å². The number of hydrogen-bond donors (Lipinski definition) is 2. The molecule has 0 spiro atoms. The molecule has 1 aliphatic rings. The minimum Gasteiger partial charge on any atom is -0.481 e. The van der Waals surface area contributed by atoms with E-state index in [1.807, 2.05) is 24.3 Å². The number of benzene rings is 1. The van der Waals surface area contributed by atoms with Gasteiger partial charge in [-0.05, 0) is 31.4 Å². The van der Waals surface area contributed by atoms with Gasteiger partial charge in [-0.3, -0.25) is 4.79 Å². The van der Waals surface area contributed by atoms with Crippen LogP contribution in [0.4, 0.5) is 0 Å². The highest BCUT2D eigenvalue weighted by atomic mass is 32.2. The summed E-state index contributed by atoms with van der Waals surface area (Å²) in [5, 5.41) is 8.84. The number of hydrogen-bond acceptors (Lipinski definition) is 3. The van der Waals surface area contributed by atoms with Gasteiger partial charge in [-0.2, -0.15) is 17.4 Å². The van der Waals surface area contributed by atoms with Gasteiger partial charge in [-0.15, -0.1) is 0 Å². The summed E-state index contributed by atoms with van der Waals surface area (Å²) in [5.74, 6) is -1.04. The molecule has 0 bridgehead atoms. The fourth-order valence-electron chi connectivity index (χ4n) is 2.50. The fourth-order valence-corrected chi connectivity index (χ4v) is 4.04. The number of rotatable bonds is 5. The van der Waals surface area contributed by atoms with Gasteiger partial charge in [-0.1, -0.05) is 24.3 Å². The maximum absolute atomic E-state index is 12.4. The van der Waals surface area contributed by atoms with Crippen LogP contribution in [-0.2, 0) is 28.0 Å². The van der Waals surface area contributed by atoms with Gasteiger partial charge in [0, 0.05) is 18.6 Å². The molecule has 1 aliphatic heterocycles. The van der Waals surface area contributed by atoms with E-state index in [4.69, 9.17) is 5.11 Å².